The third-order valence-electron chi connectivity index (χ3n) is 2.89. The molecule has 5 nitrogen and oxygen atoms in total. The molecule has 0 aliphatic heterocycles. The van der Waals surface area contributed by atoms with E-state index in [1.54, 1.807) is 36.6 Å². The van der Waals surface area contributed by atoms with E-state index in [-0.39, 0.29) is 12.2 Å². The van der Waals surface area contributed by atoms with Gasteiger partial charge in [0.15, 0.2) is 0 Å². The highest BCUT2D eigenvalue weighted by Crippen LogP contribution is 2.15. The average molecular weight is 309 g/mol. The lowest BCUT2D eigenvalue weighted by atomic mass is 10.1. The van der Waals surface area contributed by atoms with E-state index in [2.05, 4.69) is 0 Å². The Hall–Kier alpha value is -1.82. The number of rotatable bonds is 7. The van der Waals surface area contributed by atoms with Gasteiger partial charge in [-0.2, -0.15) is 11.8 Å². The molecule has 0 aliphatic rings. The molecule has 1 rings (SSSR count). The van der Waals surface area contributed by atoms with E-state index in [0.29, 0.717) is 12.0 Å². The molecule has 2 amide bonds. The molecule has 0 fully saturated rings. The second-order valence-electron chi connectivity index (χ2n) is 4.49. The van der Waals surface area contributed by atoms with Crippen molar-refractivity contribution in [1.29, 1.82) is 0 Å². The Morgan fingerprint density at radius 2 is 1.86 bits per heavy atom. The minimum atomic E-state index is -1.17. The molecule has 0 saturated carbocycles. The van der Waals surface area contributed by atoms with Crippen LogP contribution in [-0.2, 0) is 9.59 Å². The fourth-order valence-corrected chi connectivity index (χ4v) is 2.50. The van der Waals surface area contributed by atoms with Crippen molar-refractivity contribution in [2.24, 2.45) is 0 Å². The maximum Gasteiger partial charge on any atom is 0.327 e. The Balaban J connectivity index is 3.15. The summed E-state index contributed by atoms with van der Waals surface area (Å²) < 4.78 is 0. The van der Waals surface area contributed by atoms with E-state index in [1.807, 2.05) is 6.92 Å². The monoisotopic (exact) mass is 309 g/mol. The van der Waals surface area contributed by atoms with Crippen LogP contribution in [-0.4, -0.2) is 45.8 Å². The molecule has 0 saturated heterocycles. The molecule has 6 heteroatoms. The molecule has 0 aromatic heterocycles. The molecular formula is C15H19NO4S. The first-order chi connectivity index (χ1) is 10.0. The number of nitrogens with zero attached hydrogens (tertiary/aromatic N) is 1. The maximum absolute atomic E-state index is 12.5. The number of amides is 2. The molecule has 0 spiro atoms. The van der Waals surface area contributed by atoms with Crippen molar-refractivity contribution >= 4 is 29.5 Å². The summed E-state index contributed by atoms with van der Waals surface area (Å²) in [5.74, 6) is -2.01. The maximum atomic E-state index is 12.5. The molecule has 1 aromatic carbocycles. The van der Waals surface area contributed by atoms with E-state index in [0.717, 1.165) is 4.90 Å². The summed E-state index contributed by atoms with van der Waals surface area (Å²) in [5.41, 5.74) is 0.314. The Morgan fingerprint density at radius 3 is 2.33 bits per heavy atom. The molecular weight excluding hydrogens is 290 g/mol. The number of carboxylic acid groups (broad SMARTS) is 1. The van der Waals surface area contributed by atoms with Crippen LogP contribution in [0.1, 0.15) is 30.1 Å². The smallest absolute Gasteiger partial charge is 0.327 e. The van der Waals surface area contributed by atoms with Crippen molar-refractivity contribution in [2.75, 3.05) is 12.0 Å². The van der Waals surface area contributed by atoms with Crippen molar-refractivity contribution in [1.82, 2.24) is 4.90 Å². The van der Waals surface area contributed by atoms with Gasteiger partial charge in [-0.05, 0) is 24.8 Å². The Kier molecular flexibility index (Phi) is 6.94. The van der Waals surface area contributed by atoms with Gasteiger partial charge in [0.2, 0.25) is 5.91 Å². The lowest BCUT2D eigenvalue weighted by molar-refractivity contribution is -0.147. The molecule has 0 bridgehead atoms. The van der Waals surface area contributed by atoms with Crippen LogP contribution in [0.25, 0.3) is 0 Å². The zero-order valence-electron chi connectivity index (χ0n) is 12.1. The van der Waals surface area contributed by atoms with Crippen LogP contribution in [0.2, 0.25) is 0 Å². The molecule has 0 aliphatic carbocycles. The third-order valence-corrected chi connectivity index (χ3v) is 3.54. The highest BCUT2D eigenvalue weighted by molar-refractivity contribution is 7.98. The topological polar surface area (TPSA) is 74.7 Å². The van der Waals surface area contributed by atoms with Crippen LogP contribution in [0, 0.1) is 0 Å². The molecule has 21 heavy (non-hydrogen) atoms. The normalized spacial score (nSPS) is 11.7. The van der Waals surface area contributed by atoms with Gasteiger partial charge in [0.25, 0.3) is 5.91 Å². The van der Waals surface area contributed by atoms with Crippen LogP contribution in [0.5, 0.6) is 0 Å². The number of hydrogen-bond donors (Lipinski definition) is 1. The fraction of sp³-hybridized carbons (Fsp3) is 0.400. The minimum Gasteiger partial charge on any atom is -0.480 e. The number of carbonyl (C=O) groups is 3. The number of thioether (sulfide) groups is 1. The van der Waals surface area contributed by atoms with Crippen molar-refractivity contribution in [3.63, 3.8) is 0 Å². The zero-order chi connectivity index (χ0) is 15.8. The standard InChI is InChI=1S/C15H19NO4S/c1-3-7-13(17)16(12(10-21-2)15(19)20)14(18)11-8-5-4-6-9-11/h4-6,8-9,12H,3,7,10H2,1-2H3,(H,19,20)/t12-/m0/s1. The summed E-state index contributed by atoms with van der Waals surface area (Å²) in [6, 6.07) is 7.12. The van der Waals surface area contributed by atoms with Gasteiger partial charge in [-0.1, -0.05) is 25.1 Å². The summed E-state index contributed by atoms with van der Waals surface area (Å²) in [5, 5.41) is 9.33. The minimum absolute atomic E-state index is 0.150. The van der Waals surface area contributed by atoms with E-state index in [9.17, 15) is 19.5 Å². The highest BCUT2D eigenvalue weighted by atomic mass is 32.2. The molecule has 1 N–H and O–H groups in total. The van der Waals surface area contributed by atoms with Crippen LogP contribution >= 0.6 is 11.8 Å². The van der Waals surface area contributed by atoms with Gasteiger partial charge in [-0.3, -0.25) is 14.5 Å². The largest absolute Gasteiger partial charge is 0.480 e. The number of benzene rings is 1. The van der Waals surface area contributed by atoms with Crippen molar-refractivity contribution < 1.29 is 19.5 Å². The Bertz CT molecular complexity index is 504. The zero-order valence-corrected chi connectivity index (χ0v) is 12.9. The van der Waals surface area contributed by atoms with Crippen LogP contribution in [0.4, 0.5) is 0 Å². The molecule has 0 radical (unpaired) electrons. The third kappa shape index (κ3) is 4.60. The Labute approximate surface area is 128 Å². The van der Waals surface area contributed by atoms with E-state index in [4.69, 9.17) is 0 Å². The summed E-state index contributed by atoms with van der Waals surface area (Å²) in [6.07, 6.45) is 2.45. The van der Waals surface area contributed by atoms with E-state index in [1.165, 1.54) is 11.8 Å². The predicted molar refractivity (Wildman–Crippen MR) is 82.3 cm³/mol. The van der Waals surface area contributed by atoms with Crippen molar-refractivity contribution in [3.05, 3.63) is 35.9 Å². The van der Waals surface area contributed by atoms with E-state index < -0.39 is 23.8 Å². The van der Waals surface area contributed by atoms with Gasteiger partial charge >= 0.3 is 5.97 Å². The van der Waals surface area contributed by atoms with Crippen LogP contribution in [0.3, 0.4) is 0 Å². The fourth-order valence-electron chi connectivity index (χ4n) is 1.90. The van der Waals surface area contributed by atoms with E-state index >= 15 is 0 Å². The number of carboxylic acids is 1. The lowest BCUT2D eigenvalue weighted by Crippen LogP contribution is -2.50. The molecule has 1 aromatic rings. The average Bonchev–Trinajstić information content (AvgIpc) is 2.47. The number of imide groups is 1. The molecule has 1 atom stereocenters. The first-order valence-corrected chi connectivity index (χ1v) is 8.05. The summed E-state index contributed by atoms with van der Waals surface area (Å²) in [6.45, 7) is 1.81. The van der Waals surface area contributed by atoms with Gasteiger partial charge in [0.05, 0.1) is 0 Å². The molecule has 0 unspecified atom stereocenters. The quantitative estimate of drug-likeness (QED) is 0.836. The van der Waals surface area contributed by atoms with Gasteiger partial charge in [-0.25, -0.2) is 4.79 Å². The SMILES string of the molecule is CCCC(=O)N(C(=O)c1ccccc1)[C@@H](CSC)C(=O)O. The van der Waals surface area contributed by atoms with Gasteiger partial charge < -0.3 is 5.11 Å². The number of carbonyl (C=O) groups excluding carboxylic acids is 2. The molecule has 0 heterocycles. The second kappa shape index (κ2) is 8.46. The summed E-state index contributed by atoms with van der Waals surface area (Å²) in [7, 11) is 0. The van der Waals surface area contributed by atoms with Crippen molar-refractivity contribution in [2.45, 2.75) is 25.8 Å². The molecule has 114 valence electrons. The summed E-state index contributed by atoms with van der Waals surface area (Å²) in [4.78, 5) is 37.0. The number of hydrogen-bond acceptors (Lipinski definition) is 4. The highest BCUT2D eigenvalue weighted by Gasteiger charge is 2.34. The van der Waals surface area contributed by atoms with Gasteiger partial charge in [0.1, 0.15) is 6.04 Å². The lowest BCUT2D eigenvalue weighted by Gasteiger charge is -2.27. The second-order valence-corrected chi connectivity index (χ2v) is 5.40. The van der Waals surface area contributed by atoms with Gasteiger partial charge in [0, 0.05) is 17.7 Å². The van der Waals surface area contributed by atoms with Crippen LogP contribution < -0.4 is 0 Å². The van der Waals surface area contributed by atoms with Crippen molar-refractivity contribution in [3.8, 4) is 0 Å². The van der Waals surface area contributed by atoms with Crippen LogP contribution in [0.15, 0.2) is 30.3 Å². The summed E-state index contributed by atoms with van der Waals surface area (Å²) >= 11 is 1.29. The van der Waals surface area contributed by atoms with Gasteiger partial charge in [-0.15, -0.1) is 0 Å². The first kappa shape index (κ1) is 17.2. The predicted octanol–water partition coefficient (Wildman–Crippen LogP) is 2.27. The Morgan fingerprint density at radius 1 is 1.24 bits per heavy atom. The first-order valence-electron chi connectivity index (χ1n) is 6.66. The number of aliphatic carboxylic acids is 1.